The third kappa shape index (κ3) is 4.23. The van der Waals surface area contributed by atoms with Crippen LogP contribution in [0, 0.1) is 0 Å². The summed E-state index contributed by atoms with van der Waals surface area (Å²) in [5, 5.41) is 3.38. The molecule has 1 aliphatic heterocycles. The summed E-state index contributed by atoms with van der Waals surface area (Å²) in [4.78, 5) is 14.9. The van der Waals surface area contributed by atoms with E-state index in [1.807, 2.05) is 66.4 Å². The molecule has 1 saturated heterocycles. The second kappa shape index (κ2) is 8.83. The molecule has 0 saturated carbocycles. The quantitative estimate of drug-likeness (QED) is 0.867. The van der Waals surface area contributed by atoms with Crippen LogP contribution in [-0.4, -0.2) is 43.7 Å². The number of hydrogen-bond donors (Lipinski definition) is 1. The molecule has 2 unspecified atom stereocenters. The van der Waals surface area contributed by atoms with Gasteiger partial charge in [0.25, 0.3) is 5.91 Å². The molecule has 2 aromatic rings. The fourth-order valence-corrected chi connectivity index (χ4v) is 3.29. The van der Waals surface area contributed by atoms with Crippen molar-refractivity contribution in [3.8, 4) is 5.75 Å². The lowest BCUT2D eigenvalue weighted by Crippen LogP contribution is -2.51. The Bertz CT molecular complexity index is 720. The number of carbonyl (C=O) groups excluding carboxylic acids is 1. The minimum Gasteiger partial charge on any atom is -0.496 e. The van der Waals surface area contributed by atoms with Crippen molar-refractivity contribution < 1.29 is 14.3 Å². The van der Waals surface area contributed by atoms with Gasteiger partial charge in [-0.25, -0.2) is 0 Å². The fraction of sp³-hybridized carbons (Fsp3) is 0.381. The van der Waals surface area contributed by atoms with E-state index in [2.05, 4.69) is 5.32 Å². The molecule has 0 bridgehead atoms. The Labute approximate surface area is 154 Å². The molecule has 2 aromatic carbocycles. The van der Waals surface area contributed by atoms with E-state index >= 15 is 0 Å². The molecule has 1 N–H and O–H groups in total. The van der Waals surface area contributed by atoms with Crippen molar-refractivity contribution in [2.75, 3.05) is 26.7 Å². The van der Waals surface area contributed by atoms with Gasteiger partial charge in [0, 0.05) is 25.2 Å². The number of piperazine rings is 1. The summed E-state index contributed by atoms with van der Waals surface area (Å²) in [5.41, 5.74) is 2.08. The van der Waals surface area contributed by atoms with Crippen LogP contribution in [0.2, 0.25) is 0 Å². The van der Waals surface area contributed by atoms with Crippen LogP contribution in [0.15, 0.2) is 54.6 Å². The van der Waals surface area contributed by atoms with Crippen LogP contribution in [0.4, 0.5) is 0 Å². The molecular weight excluding hydrogens is 328 g/mol. The number of rotatable bonds is 6. The van der Waals surface area contributed by atoms with E-state index in [1.165, 1.54) is 0 Å². The highest BCUT2D eigenvalue weighted by Crippen LogP contribution is 2.30. The molecule has 2 atom stereocenters. The van der Waals surface area contributed by atoms with Crippen LogP contribution in [0.25, 0.3) is 0 Å². The van der Waals surface area contributed by atoms with Crippen molar-refractivity contribution in [1.29, 1.82) is 0 Å². The number of nitrogens with zero attached hydrogens (tertiary/aromatic N) is 1. The Morgan fingerprint density at radius 2 is 1.92 bits per heavy atom. The number of para-hydroxylation sites is 1. The van der Waals surface area contributed by atoms with Crippen LogP contribution in [-0.2, 0) is 16.1 Å². The average Bonchev–Trinajstić information content (AvgIpc) is 2.72. The first kappa shape index (κ1) is 18.4. The molecule has 0 spiro atoms. The van der Waals surface area contributed by atoms with E-state index in [4.69, 9.17) is 9.47 Å². The normalized spacial score (nSPS) is 18.4. The minimum absolute atomic E-state index is 0.0123. The predicted octanol–water partition coefficient (Wildman–Crippen LogP) is 2.77. The van der Waals surface area contributed by atoms with Gasteiger partial charge >= 0.3 is 0 Å². The van der Waals surface area contributed by atoms with Crippen molar-refractivity contribution in [2.24, 2.45) is 0 Å². The zero-order valence-electron chi connectivity index (χ0n) is 15.4. The van der Waals surface area contributed by atoms with Gasteiger partial charge in [-0.3, -0.25) is 4.79 Å². The van der Waals surface area contributed by atoms with Crippen LogP contribution in [0.3, 0.4) is 0 Å². The molecule has 1 amide bonds. The topological polar surface area (TPSA) is 50.8 Å². The summed E-state index contributed by atoms with van der Waals surface area (Å²) < 4.78 is 11.3. The number of hydrogen-bond acceptors (Lipinski definition) is 4. The summed E-state index contributed by atoms with van der Waals surface area (Å²) >= 11 is 0. The number of methoxy groups -OCH3 is 1. The fourth-order valence-electron chi connectivity index (χ4n) is 3.29. The van der Waals surface area contributed by atoms with E-state index in [0.717, 1.165) is 23.4 Å². The molecule has 1 fully saturated rings. The highest BCUT2D eigenvalue weighted by molar-refractivity contribution is 5.81. The number of carbonyl (C=O) groups is 1. The summed E-state index contributed by atoms with van der Waals surface area (Å²) in [7, 11) is 1.66. The van der Waals surface area contributed by atoms with Gasteiger partial charge in [0.05, 0.1) is 19.8 Å². The second-order valence-electron chi connectivity index (χ2n) is 6.43. The Morgan fingerprint density at radius 3 is 2.69 bits per heavy atom. The molecule has 1 aliphatic rings. The Balaban J connectivity index is 1.71. The maximum Gasteiger partial charge on any atom is 0.252 e. The lowest BCUT2D eigenvalue weighted by atomic mass is 10.0. The number of benzene rings is 2. The van der Waals surface area contributed by atoms with E-state index in [-0.39, 0.29) is 11.9 Å². The first-order valence-electron chi connectivity index (χ1n) is 9.00. The largest absolute Gasteiger partial charge is 0.496 e. The molecule has 5 heteroatoms. The summed E-state index contributed by atoms with van der Waals surface area (Å²) in [5.74, 6) is 0.815. The molecule has 138 valence electrons. The highest BCUT2D eigenvalue weighted by atomic mass is 16.5. The van der Waals surface area contributed by atoms with Crippen molar-refractivity contribution in [1.82, 2.24) is 10.2 Å². The van der Waals surface area contributed by atoms with Gasteiger partial charge in [0.1, 0.15) is 11.9 Å². The van der Waals surface area contributed by atoms with Gasteiger partial charge in [-0.05, 0) is 18.6 Å². The summed E-state index contributed by atoms with van der Waals surface area (Å²) in [6.07, 6.45) is -0.495. The van der Waals surface area contributed by atoms with Gasteiger partial charge in [0.2, 0.25) is 0 Å². The van der Waals surface area contributed by atoms with Crippen LogP contribution in [0.1, 0.15) is 24.1 Å². The van der Waals surface area contributed by atoms with Crippen molar-refractivity contribution in [2.45, 2.75) is 25.7 Å². The Hall–Kier alpha value is -2.37. The predicted molar refractivity (Wildman–Crippen MR) is 101 cm³/mol. The zero-order chi connectivity index (χ0) is 18.4. The first-order chi connectivity index (χ1) is 12.7. The number of ether oxygens (including phenoxy) is 2. The lowest BCUT2D eigenvalue weighted by molar-refractivity contribution is -0.147. The van der Waals surface area contributed by atoms with Gasteiger partial charge in [-0.15, -0.1) is 0 Å². The van der Waals surface area contributed by atoms with Crippen LogP contribution >= 0.6 is 0 Å². The molecule has 0 radical (unpaired) electrons. The first-order valence-corrected chi connectivity index (χ1v) is 9.00. The van der Waals surface area contributed by atoms with Crippen molar-refractivity contribution in [3.63, 3.8) is 0 Å². The molecular formula is C21H26N2O3. The van der Waals surface area contributed by atoms with Gasteiger partial charge in [-0.2, -0.15) is 0 Å². The smallest absolute Gasteiger partial charge is 0.252 e. The third-order valence-electron chi connectivity index (χ3n) is 4.71. The Morgan fingerprint density at radius 1 is 1.19 bits per heavy atom. The average molecular weight is 354 g/mol. The van der Waals surface area contributed by atoms with Crippen molar-refractivity contribution in [3.05, 3.63) is 65.7 Å². The third-order valence-corrected chi connectivity index (χ3v) is 4.71. The second-order valence-corrected chi connectivity index (χ2v) is 6.43. The monoisotopic (exact) mass is 354 g/mol. The van der Waals surface area contributed by atoms with E-state index < -0.39 is 6.10 Å². The van der Waals surface area contributed by atoms with E-state index in [9.17, 15) is 4.79 Å². The minimum atomic E-state index is -0.495. The molecule has 3 rings (SSSR count). The SMILES string of the molecule is COc1ccccc1C1CNCCN1C(=O)C(C)OCc1ccccc1. The van der Waals surface area contributed by atoms with Crippen LogP contribution in [0.5, 0.6) is 5.75 Å². The number of nitrogens with one attached hydrogen (secondary N) is 1. The standard InChI is InChI=1S/C21H26N2O3/c1-16(26-15-17-8-4-3-5-9-17)21(24)23-13-12-22-14-19(23)18-10-6-7-11-20(18)25-2/h3-11,16,19,22H,12-15H2,1-2H3. The molecule has 26 heavy (non-hydrogen) atoms. The molecule has 1 heterocycles. The van der Waals surface area contributed by atoms with E-state index in [0.29, 0.717) is 19.7 Å². The highest BCUT2D eigenvalue weighted by Gasteiger charge is 2.32. The Kier molecular flexibility index (Phi) is 6.26. The molecule has 0 aliphatic carbocycles. The van der Waals surface area contributed by atoms with Crippen LogP contribution < -0.4 is 10.1 Å². The zero-order valence-corrected chi connectivity index (χ0v) is 15.4. The lowest BCUT2D eigenvalue weighted by Gasteiger charge is -2.38. The van der Waals surface area contributed by atoms with Gasteiger partial charge in [-0.1, -0.05) is 48.5 Å². The maximum absolute atomic E-state index is 13.0. The van der Waals surface area contributed by atoms with E-state index in [1.54, 1.807) is 7.11 Å². The van der Waals surface area contributed by atoms with Gasteiger partial charge in [0.15, 0.2) is 0 Å². The molecule has 5 nitrogen and oxygen atoms in total. The summed E-state index contributed by atoms with van der Waals surface area (Å²) in [6, 6.07) is 17.7. The number of amides is 1. The van der Waals surface area contributed by atoms with Crippen molar-refractivity contribution >= 4 is 5.91 Å². The summed E-state index contributed by atoms with van der Waals surface area (Å²) in [6.45, 7) is 4.40. The maximum atomic E-state index is 13.0. The van der Waals surface area contributed by atoms with Gasteiger partial charge < -0.3 is 19.7 Å². The molecule has 0 aromatic heterocycles.